The molecule has 1 amide bonds. The van der Waals surface area contributed by atoms with E-state index in [2.05, 4.69) is 0 Å². The number of phenolic OH excluding ortho intramolecular Hbond substituents is 1. The van der Waals surface area contributed by atoms with E-state index in [1.54, 1.807) is 30.3 Å². The standard InChI is InChI=1S/C26H22ClNO5/c1-14-7-8-15(2)19(11-14)24(30)22-23(16-5-4-6-18(29)12-16)28(26(32)25(22)31)17-9-10-21(33-3)20(27)13-17/h4-13,23,29-30H,1-3H3/b24-22+. The van der Waals surface area contributed by atoms with Crippen LogP contribution in [0.15, 0.2) is 66.2 Å². The van der Waals surface area contributed by atoms with Crippen LogP contribution in [0.25, 0.3) is 5.76 Å². The fourth-order valence-electron chi connectivity index (χ4n) is 4.05. The number of halogens is 1. The Morgan fingerprint density at radius 2 is 1.79 bits per heavy atom. The summed E-state index contributed by atoms with van der Waals surface area (Å²) in [7, 11) is 1.48. The van der Waals surface area contributed by atoms with E-state index in [4.69, 9.17) is 16.3 Å². The van der Waals surface area contributed by atoms with Gasteiger partial charge in [-0.2, -0.15) is 0 Å². The Morgan fingerprint density at radius 1 is 1.03 bits per heavy atom. The maximum Gasteiger partial charge on any atom is 0.300 e. The molecule has 0 aromatic heterocycles. The summed E-state index contributed by atoms with van der Waals surface area (Å²) in [6, 6.07) is 15.5. The molecule has 33 heavy (non-hydrogen) atoms. The smallest absolute Gasteiger partial charge is 0.300 e. The number of rotatable bonds is 4. The van der Waals surface area contributed by atoms with Gasteiger partial charge in [0.25, 0.3) is 11.7 Å². The van der Waals surface area contributed by atoms with Gasteiger partial charge in [0.15, 0.2) is 0 Å². The summed E-state index contributed by atoms with van der Waals surface area (Å²) in [5.74, 6) is -1.52. The number of phenols is 1. The molecule has 0 saturated carbocycles. The van der Waals surface area contributed by atoms with Crippen LogP contribution in [0, 0.1) is 13.8 Å². The monoisotopic (exact) mass is 463 g/mol. The van der Waals surface area contributed by atoms with Crippen molar-refractivity contribution in [3.8, 4) is 11.5 Å². The van der Waals surface area contributed by atoms with Gasteiger partial charge < -0.3 is 14.9 Å². The predicted molar refractivity (Wildman–Crippen MR) is 127 cm³/mol. The van der Waals surface area contributed by atoms with Gasteiger partial charge in [-0.15, -0.1) is 0 Å². The van der Waals surface area contributed by atoms with Crippen LogP contribution >= 0.6 is 11.6 Å². The molecule has 1 aliphatic rings. The average Bonchev–Trinajstić information content (AvgIpc) is 3.05. The van der Waals surface area contributed by atoms with Crippen LogP contribution in [0.5, 0.6) is 11.5 Å². The number of Topliss-reactive ketones (excluding diaryl/α,β-unsaturated/α-hetero) is 1. The van der Waals surface area contributed by atoms with E-state index in [-0.39, 0.29) is 22.1 Å². The number of ketones is 1. The van der Waals surface area contributed by atoms with E-state index in [0.717, 1.165) is 11.1 Å². The molecular weight excluding hydrogens is 442 g/mol. The number of benzene rings is 3. The number of carbonyl (C=O) groups excluding carboxylic acids is 2. The second kappa shape index (κ2) is 8.64. The molecule has 3 aromatic rings. The van der Waals surface area contributed by atoms with Gasteiger partial charge in [0, 0.05) is 11.3 Å². The second-order valence-corrected chi connectivity index (χ2v) is 8.31. The summed E-state index contributed by atoms with van der Waals surface area (Å²) in [6.45, 7) is 3.69. The minimum absolute atomic E-state index is 0.0300. The lowest BCUT2D eigenvalue weighted by Gasteiger charge is -2.26. The number of nitrogens with zero attached hydrogens (tertiary/aromatic N) is 1. The van der Waals surface area contributed by atoms with Gasteiger partial charge in [-0.05, 0) is 61.4 Å². The number of ether oxygens (including phenoxy) is 1. The number of hydrogen-bond acceptors (Lipinski definition) is 5. The van der Waals surface area contributed by atoms with Crippen LogP contribution in [-0.4, -0.2) is 29.0 Å². The molecule has 1 atom stereocenters. The van der Waals surface area contributed by atoms with Crippen LogP contribution in [0.3, 0.4) is 0 Å². The first-order chi connectivity index (χ1) is 15.7. The van der Waals surface area contributed by atoms with E-state index in [1.165, 1.54) is 30.2 Å². The van der Waals surface area contributed by atoms with E-state index in [9.17, 15) is 19.8 Å². The number of aromatic hydroxyl groups is 1. The van der Waals surface area contributed by atoms with Crippen molar-refractivity contribution in [2.24, 2.45) is 0 Å². The molecule has 4 rings (SSSR count). The maximum atomic E-state index is 13.2. The molecule has 1 fully saturated rings. The lowest BCUT2D eigenvalue weighted by molar-refractivity contribution is -0.132. The topological polar surface area (TPSA) is 87.1 Å². The Kier molecular flexibility index (Phi) is 5.87. The zero-order chi connectivity index (χ0) is 23.9. The Hall–Kier alpha value is -3.77. The van der Waals surface area contributed by atoms with Crippen molar-refractivity contribution in [1.82, 2.24) is 0 Å². The van der Waals surface area contributed by atoms with Gasteiger partial charge in [-0.3, -0.25) is 14.5 Å². The zero-order valence-electron chi connectivity index (χ0n) is 18.3. The third-order valence-electron chi connectivity index (χ3n) is 5.69. The highest BCUT2D eigenvalue weighted by Crippen LogP contribution is 2.44. The van der Waals surface area contributed by atoms with E-state index in [0.29, 0.717) is 22.6 Å². The van der Waals surface area contributed by atoms with Crippen molar-refractivity contribution >= 4 is 34.7 Å². The predicted octanol–water partition coefficient (Wildman–Crippen LogP) is 5.30. The van der Waals surface area contributed by atoms with Crippen LogP contribution in [0.4, 0.5) is 5.69 Å². The number of carbonyl (C=O) groups is 2. The maximum absolute atomic E-state index is 13.2. The van der Waals surface area contributed by atoms with Gasteiger partial charge in [-0.25, -0.2) is 0 Å². The summed E-state index contributed by atoms with van der Waals surface area (Å²) in [4.78, 5) is 27.8. The van der Waals surface area contributed by atoms with Crippen molar-refractivity contribution in [1.29, 1.82) is 0 Å². The van der Waals surface area contributed by atoms with Crippen LogP contribution in [0.2, 0.25) is 5.02 Å². The molecule has 2 N–H and O–H groups in total. The number of amides is 1. The molecule has 7 heteroatoms. The quantitative estimate of drug-likeness (QED) is 0.311. The van der Waals surface area contributed by atoms with E-state index in [1.807, 2.05) is 26.0 Å². The molecule has 1 heterocycles. The Labute approximate surface area is 196 Å². The Morgan fingerprint density at radius 3 is 2.45 bits per heavy atom. The lowest BCUT2D eigenvalue weighted by atomic mass is 9.93. The summed E-state index contributed by atoms with van der Waals surface area (Å²) < 4.78 is 5.19. The first-order valence-corrected chi connectivity index (χ1v) is 10.6. The summed E-state index contributed by atoms with van der Waals surface area (Å²) in [5.41, 5.74) is 2.88. The summed E-state index contributed by atoms with van der Waals surface area (Å²) in [5, 5.41) is 21.6. The van der Waals surface area contributed by atoms with Crippen LogP contribution in [-0.2, 0) is 9.59 Å². The van der Waals surface area contributed by atoms with Gasteiger partial charge in [0.05, 0.1) is 23.7 Å². The Balaban J connectivity index is 1.98. The normalized spacial score (nSPS) is 17.5. The third kappa shape index (κ3) is 3.94. The number of aliphatic hydroxyl groups excluding tert-OH is 1. The largest absolute Gasteiger partial charge is 0.508 e. The fraction of sp³-hybridized carbons (Fsp3) is 0.154. The number of aryl methyl sites for hydroxylation is 2. The lowest BCUT2D eigenvalue weighted by Crippen LogP contribution is -2.29. The molecule has 0 spiro atoms. The highest BCUT2D eigenvalue weighted by molar-refractivity contribution is 6.52. The van der Waals surface area contributed by atoms with Crippen molar-refractivity contribution in [3.05, 3.63) is 93.5 Å². The summed E-state index contributed by atoms with van der Waals surface area (Å²) >= 11 is 6.29. The van der Waals surface area contributed by atoms with Gasteiger partial charge in [0.2, 0.25) is 0 Å². The molecule has 0 radical (unpaired) electrons. The van der Waals surface area contributed by atoms with Gasteiger partial charge in [-0.1, -0.05) is 41.4 Å². The highest BCUT2D eigenvalue weighted by Gasteiger charge is 2.47. The fourth-order valence-corrected chi connectivity index (χ4v) is 4.30. The third-order valence-corrected chi connectivity index (χ3v) is 5.99. The minimum atomic E-state index is -0.971. The summed E-state index contributed by atoms with van der Waals surface area (Å²) in [6.07, 6.45) is 0. The minimum Gasteiger partial charge on any atom is -0.508 e. The number of aliphatic hydroxyl groups is 1. The molecule has 0 aliphatic carbocycles. The molecule has 168 valence electrons. The average molecular weight is 464 g/mol. The molecule has 0 bridgehead atoms. The van der Waals surface area contributed by atoms with E-state index < -0.39 is 17.7 Å². The van der Waals surface area contributed by atoms with E-state index >= 15 is 0 Å². The molecule has 6 nitrogen and oxygen atoms in total. The first-order valence-electron chi connectivity index (χ1n) is 10.2. The zero-order valence-corrected chi connectivity index (χ0v) is 19.1. The van der Waals surface area contributed by atoms with Crippen LogP contribution in [0.1, 0.15) is 28.3 Å². The molecular formula is C26H22ClNO5. The molecule has 1 aliphatic heterocycles. The first kappa shape index (κ1) is 22.4. The van der Waals surface area contributed by atoms with Crippen molar-refractivity contribution < 1.29 is 24.5 Å². The van der Waals surface area contributed by atoms with Crippen molar-refractivity contribution in [2.75, 3.05) is 12.0 Å². The molecule has 3 aromatic carbocycles. The van der Waals surface area contributed by atoms with Crippen molar-refractivity contribution in [3.63, 3.8) is 0 Å². The molecule has 1 unspecified atom stereocenters. The van der Waals surface area contributed by atoms with Gasteiger partial charge >= 0.3 is 0 Å². The second-order valence-electron chi connectivity index (χ2n) is 7.90. The Bertz CT molecular complexity index is 1310. The molecule has 1 saturated heterocycles. The van der Waals surface area contributed by atoms with Gasteiger partial charge in [0.1, 0.15) is 17.3 Å². The number of hydrogen-bond donors (Lipinski definition) is 2. The number of methoxy groups -OCH3 is 1. The van der Waals surface area contributed by atoms with Crippen molar-refractivity contribution in [2.45, 2.75) is 19.9 Å². The van der Waals surface area contributed by atoms with Crippen LogP contribution < -0.4 is 9.64 Å². The highest BCUT2D eigenvalue weighted by atomic mass is 35.5. The SMILES string of the molecule is COc1ccc(N2C(=O)C(=O)/C(=C(/O)c3cc(C)ccc3C)C2c2cccc(O)c2)cc1Cl. The number of anilines is 1.